The lowest BCUT2D eigenvalue weighted by Gasteiger charge is -2.34. The van der Waals surface area contributed by atoms with Gasteiger partial charge in [-0.05, 0) is 33.4 Å². The van der Waals surface area contributed by atoms with E-state index in [0.717, 1.165) is 12.8 Å². The second kappa shape index (κ2) is 7.32. The molecule has 0 bridgehead atoms. The highest BCUT2D eigenvalue weighted by Crippen LogP contribution is 2.16. The van der Waals surface area contributed by atoms with E-state index < -0.39 is 22.2 Å². The Hall–Kier alpha value is -0.740. The molecule has 20 heavy (non-hydrogen) atoms. The minimum Gasteiger partial charge on any atom is -0.480 e. The van der Waals surface area contributed by atoms with Gasteiger partial charge in [-0.15, -0.1) is 0 Å². The van der Waals surface area contributed by atoms with Crippen molar-refractivity contribution in [1.29, 1.82) is 0 Å². The monoisotopic (exact) mass is 308 g/mol. The van der Waals surface area contributed by atoms with Gasteiger partial charge in [0.1, 0.15) is 6.04 Å². The van der Waals surface area contributed by atoms with Gasteiger partial charge in [-0.3, -0.25) is 4.79 Å². The standard InChI is InChI=1S/C11H24N4O4S/c1-14(2)9-4-7-15(8-5-9)20(18,19)13-6-3-10(12)11(16)17/h9-10,13H,3-8,12H2,1-2H3,(H,16,17). The molecule has 1 aliphatic rings. The molecule has 4 N–H and O–H groups in total. The van der Waals surface area contributed by atoms with E-state index in [1.54, 1.807) is 0 Å². The summed E-state index contributed by atoms with van der Waals surface area (Å²) in [5, 5.41) is 8.62. The van der Waals surface area contributed by atoms with Crippen LogP contribution in [-0.4, -0.2) is 74.5 Å². The van der Waals surface area contributed by atoms with Crippen molar-refractivity contribution in [2.75, 3.05) is 33.7 Å². The zero-order chi connectivity index (χ0) is 15.3. The van der Waals surface area contributed by atoms with Crippen molar-refractivity contribution in [3.63, 3.8) is 0 Å². The maximum absolute atomic E-state index is 12.0. The van der Waals surface area contributed by atoms with Crippen LogP contribution < -0.4 is 10.5 Å². The number of hydrogen-bond donors (Lipinski definition) is 3. The fraction of sp³-hybridized carbons (Fsp3) is 0.909. The van der Waals surface area contributed by atoms with Gasteiger partial charge >= 0.3 is 5.97 Å². The van der Waals surface area contributed by atoms with Gasteiger partial charge in [0.25, 0.3) is 10.2 Å². The Morgan fingerprint density at radius 2 is 2.00 bits per heavy atom. The molecule has 1 atom stereocenters. The normalized spacial score (nSPS) is 20.2. The number of carboxylic acid groups (broad SMARTS) is 1. The van der Waals surface area contributed by atoms with E-state index in [9.17, 15) is 13.2 Å². The van der Waals surface area contributed by atoms with Gasteiger partial charge in [-0.2, -0.15) is 12.7 Å². The minimum absolute atomic E-state index is 0.0312. The van der Waals surface area contributed by atoms with Crippen LogP contribution >= 0.6 is 0 Å². The van der Waals surface area contributed by atoms with Crippen LogP contribution in [0.15, 0.2) is 0 Å². The molecule has 1 fully saturated rings. The number of aliphatic carboxylic acids is 1. The van der Waals surface area contributed by atoms with Crippen LogP contribution in [0.4, 0.5) is 0 Å². The van der Waals surface area contributed by atoms with Crippen molar-refractivity contribution < 1.29 is 18.3 Å². The topological polar surface area (TPSA) is 116 Å². The van der Waals surface area contributed by atoms with Crippen molar-refractivity contribution in [3.8, 4) is 0 Å². The first kappa shape index (κ1) is 17.3. The average molecular weight is 308 g/mol. The van der Waals surface area contributed by atoms with Gasteiger partial charge in [0.2, 0.25) is 0 Å². The highest BCUT2D eigenvalue weighted by molar-refractivity contribution is 7.87. The van der Waals surface area contributed by atoms with Crippen LogP contribution in [0, 0.1) is 0 Å². The van der Waals surface area contributed by atoms with E-state index >= 15 is 0 Å². The van der Waals surface area contributed by atoms with Crippen LogP contribution in [0.25, 0.3) is 0 Å². The molecule has 1 aliphatic heterocycles. The highest BCUT2D eigenvalue weighted by Gasteiger charge is 2.28. The van der Waals surface area contributed by atoms with Gasteiger partial charge in [0.15, 0.2) is 0 Å². The SMILES string of the molecule is CN(C)C1CCN(S(=O)(=O)NCCC(N)C(=O)O)CC1. The number of carbonyl (C=O) groups is 1. The van der Waals surface area contributed by atoms with Crippen LogP contribution in [0.2, 0.25) is 0 Å². The summed E-state index contributed by atoms with van der Waals surface area (Å²) in [4.78, 5) is 12.6. The van der Waals surface area contributed by atoms with E-state index in [2.05, 4.69) is 9.62 Å². The first-order valence-electron chi connectivity index (χ1n) is 6.63. The molecule has 118 valence electrons. The van der Waals surface area contributed by atoms with Gasteiger partial charge in [0.05, 0.1) is 0 Å². The maximum Gasteiger partial charge on any atom is 0.320 e. The molecule has 1 unspecified atom stereocenters. The lowest BCUT2D eigenvalue weighted by Crippen LogP contribution is -2.49. The summed E-state index contributed by atoms with van der Waals surface area (Å²) in [7, 11) is 0.435. The first-order chi connectivity index (χ1) is 9.24. The van der Waals surface area contributed by atoms with E-state index in [4.69, 9.17) is 10.8 Å². The molecule has 8 nitrogen and oxygen atoms in total. The summed E-state index contributed by atoms with van der Waals surface area (Å²) in [6.07, 6.45) is 1.66. The predicted octanol–water partition coefficient (Wildman–Crippen LogP) is -1.35. The quantitative estimate of drug-likeness (QED) is 0.535. The molecule has 0 saturated carbocycles. The predicted molar refractivity (Wildman–Crippen MR) is 75.4 cm³/mol. The Kier molecular flexibility index (Phi) is 6.34. The molecule has 0 spiro atoms. The Morgan fingerprint density at radius 1 is 1.45 bits per heavy atom. The van der Waals surface area contributed by atoms with Gasteiger partial charge in [0, 0.05) is 25.7 Å². The fourth-order valence-corrected chi connectivity index (χ4v) is 3.41. The number of nitrogens with two attached hydrogens (primary N) is 1. The molecule has 1 heterocycles. The number of carboxylic acids is 1. The molecule has 0 amide bonds. The molecule has 9 heteroatoms. The lowest BCUT2D eigenvalue weighted by atomic mass is 10.1. The third-order valence-electron chi connectivity index (χ3n) is 3.55. The van der Waals surface area contributed by atoms with Crippen LogP contribution in [0.1, 0.15) is 19.3 Å². The molecular formula is C11H24N4O4S. The summed E-state index contributed by atoms with van der Waals surface area (Å²) >= 11 is 0. The van der Waals surface area contributed by atoms with E-state index in [-0.39, 0.29) is 13.0 Å². The zero-order valence-corrected chi connectivity index (χ0v) is 12.8. The van der Waals surface area contributed by atoms with Gasteiger partial charge in [-0.25, -0.2) is 4.72 Å². The van der Waals surface area contributed by atoms with Crippen LogP contribution in [-0.2, 0) is 15.0 Å². The van der Waals surface area contributed by atoms with Gasteiger partial charge in [-0.1, -0.05) is 0 Å². The summed E-state index contributed by atoms with van der Waals surface area (Å²) in [5.41, 5.74) is 5.32. The molecule has 0 aliphatic carbocycles. The Morgan fingerprint density at radius 3 is 2.45 bits per heavy atom. The van der Waals surface area contributed by atoms with E-state index in [0.29, 0.717) is 19.1 Å². The van der Waals surface area contributed by atoms with Crippen molar-refractivity contribution in [1.82, 2.24) is 13.9 Å². The summed E-state index contributed by atoms with van der Waals surface area (Å²) in [5.74, 6) is -1.13. The van der Waals surface area contributed by atoms with Crippen molar-refractivity contribution >= 4 is 16.2 Å². The van der Waals surface area contributed by atoms with Crippen LogP contribution in [0.5, 0.6) is 0 Å². The Labute approximate surface area is 120 Å². The molecule has 0 aromatic heterocycles. The van der Waals surface area contributed by atoms with Crippen LogP contribution in [0.3, 0.4) is 0 Å². The third-order valence-corrected chi connectivity index (χ3v) is 5.16. The molecule has 1 saturated heterocycles. The zero-order valence-electron chi connectivity index (χ0n) is 11.9. The van der Waals surface area contributed by atoms with Crippen molar-refractivity contribution in [3.05, 3.63) is 0 Å². The maximum atomic E-state index is 12.0. The average Bonchev–Trinajstić information content (AvgIpc) is 2.38. The lowest BCUT2D eigenvalue weighted by molar-refractivity contribution is -0.138. The first-order valence-corrected chi connectivity index (χ1v) is 8.07. The second-order valence-corrected chi connectivity index (χ2v) is 6.98. The number of nitrogens with zero attached hydrogens (tertiary/aromatic N) is 2. The summed E-state index contributed by atoms with van der Waals surface area (Å²) in [6.45, 7) is 0.982. The van der Waals surface area contributed by atoms with Crippen molar-refractivity contribution in [2.45, 2.75) is 31.3 Å². The number of rotatable bonds is 7. The summed E-state index contributed by atoms with van der Waals surface area (Å²) in [6, 6.07) is -0.640. The molecule has 1 rings (SSSR count). The molecule has 0 aromatic rings. The third kappa shape index (κ3) is 4.98. The Bertz CT molecular complexity index is 418. The summed E-state index contributed by atoms with van der Waals surface area (Å²) < 4.78 is 27.9. The number of nitrogens with one attached hydrogen (secondary N) is 1. The highest BCUT2D eigenvalue weighted by atomic mass is 32.2. The molecule has 0 radical (unpaired) electrons. The molecule has 0 aromatic carbocycles. The second-order valence-electron chi connectivity index (χ2n) is 5.23. The molecular weight excluding hydrogens is 284 g/mol. The van der Waals surface area contributed by atoms with E-state index in [1.807, 2.05) is 14.1 Å². The largest absolute Gasteiger partial charge is 0.480 e. The number of piperidine rings is 1. The van der Waals surface area contributed by atoms with Crippen molar-refractivity contribution in [2.24, 2.45) is 5.73 Å². The van der Waals surface area contributed by atoms with E-state index in [1.165, 1.54) is 4.31 Å². The smallest absolute Gasteiger partial charge is 0.320 e. The van der Waals surface area contributed by atoms with Gasteiger partial charge < -0.3 is 15.7 Å². The fourth-order valence-electron chi connectivity index (χ4n) is 2.16. The minimum atomic E-state index is -3.54. The number of hydrogen-bond acceptors (Lipinski definition) is 5. The Balaban J connectivity index is 2.40.